The summed E-state index contributed by atoms with van der Waals surface area (Å²) in [5.74, 6) is 1.12. The molecule has 0 aliphatic carbocycles. The second-order valence-corrected chi connectivity index (χ2v) is 11.1. The number of piperazine rings is 2. The molecule has 3 saturated heterocycles. The highest BCUT2D eigenvalue weighted by Gasteiger charge is 2.40. The van der Waals surface area contributed by atoms with Gasteiger partial charge in [0.15, 0.2) is 0 Å². The smallest absolute Gasteiger partial charge is 0.236 e. The Morgan fingerprint density at radius 3 is 2.17 bits per heavy atom. The average Bonchev–Trinajstić information content (AvgIpc) is 2.89. The summed E-state index contributed by atoms with van der Waals surface area (Å²) in [5, 5.41) is 0.634. The van der Waals surface area contributed by atoms with E-state index in [0.717, 1.165) is 77.5 Å². The molecule has 2 amide bonds. The number of carbonyl (C=O) groups excluding carboxylic acids is 2. The lowest BCUT2D eigenvalue weighted by atomic mass is 9.75. The molecule has 3 aliphatic rings. The van der Waals surface area contributed by atoms with Crippen LogP contribution in [0.4, 0.5) is 0 Å². The maximum atomic E-state index is 13.3. The normalized spacial score (nSPS) is 22.0. The largest absolute Gasteiger partial charge is 0.493 e. The summed E-state index contributed by atoms with van der Waals surface area (Å²) in [5.41, 5.74) is -0.285. The molecule has 4 rings (SSSR count). The molecule has 36 heavy (non-hydrogen) atoms. The van der Waals surface area contributed by atoms with E-state index in [4.69, 9.17) is 16.3 Å². The average molecular weight is 520 g/mol. The van der Waals surface area contributed by atoms with Gasteiger partial charge in [-0.2, -0.15) is 0 Å². The maximum Gasteiger partial charge on any atom is 0.236 e. The zero-order valence-corrected chi connectivity index (χ0v) is 22.7. The van der Waals surface area contributed by atoms with Gasteiger partial charge in [0.1, 0.15) is 5.75 Å². The first-order valence-electron chi connectivity index (χ1n) is 13.4. The maximum absolute atomic E-state index is 13.3. The van der Waals surface area contributed by atoms with Crippen LogP contribution < -0.4 is 4.74 Å². The van der Waals surface area contributed by atoms with Crippen molar-refractivity contribution in [2.75, 3.05) is 92.2 Å². The number of likely N-dealkylation sites (N-methyl/N-ethyl adjacent to an activating group) is 2. The number of nitrogens with zero attached hydrogens (tertiary/aromatic N) is 5. The summed E-state index contributed by atoms with van der Waals surface area (Å²) in [6.45, 7) is 12.9. The molecule has 0 aromatic heterocycles. The molecular weight excluding hydrogens is 478 g/mol. The summed E-state index contributed by atoms with van der Waals surface area (Å²) in [7, 11) is 2.10. The highest BCUT2D eigenvalue weighted by molar-refractivity contribution is 6.30. The molecule has 3 heterocycles. The molecule has 200 valence electrons. The number of halogens is 1. The van der Waals surface area contributed by atoms with Gasteiger partial charge in [-0.3, -0.25) is 14.5 Å². The Kier molecular flexibility index (Phi) is 9.50. The van der Waals surface area contributed by atoms with Crippen LogP contribution in [0.2, 0.25) is 5.02 Å². The molecule has 0 spiro atoms. The van der Waals surface area contributed by atoms with Gasteiger partial charge in [0.25, 0.3) is 0 Å². The summed E-state index contributed by atoms with van der Waals surface area (Å²) < 4.78 is 6.19. The molecule has 0 atom stereocenters. The second-order valence-electron chi connectivity index (χ2n) is 10.7. The highest BCUT2D eigenvalue weighted by Crippen LogP contribution is 2.37. The van der Waals surface area contributed by atoms with Gasteiger partial charge in [-0.25, -0.2) is 0 Å². The molecule has 3 aliphatic heterocycles. The van der Waals surface area contributed by atoms with Crippen LogP contribution >= 0.6 is 11.6 Å². The number of rotatable bonds is 8. The number of ether oxygens (including phenoxy) is 1. The minimum atomic E-state index is -0.285. The molecule has 0 N–H and O–H groups in total. The zero-order valence-electron chi connectivity index (χ0n) is 22.0. The van der Waals surface area contributed by atoms with Crippen LogP contribution in [0.5, 0.6) is 5.75 Å². The first kappa shape index (κ1) is 27.2. The van der Waals surface area contributed by atoms with Gasteiger partial charge in [0.05, 0.1) is 13.2 Å². The third kappa shape index (κ3) is 7.34. The molecule has 0 saturated carbocycles. The van der Waals surface area contributed by atoms with Gasteiger partial charge >= 0.3 is 0 Å². The fraction of sp³-hybridized carbons (Fsp3) is 0.704. The van der Waals surface area contributed by atoms with Crippen LogP contribution in [-0.4, -0.2) is 129 Å². The Morgan fingerprint density at radius 2 is 1.53 bits per heavy atom. The molecule has 9 heteroatoms. The van der Waals surface area contributed by atoms with Crippen molar-refractivity contribution in [3.63, 3.8) is 0 Å². The Labute approximate surface area is 221 Å². The Balaban J connectivity index is 1.35. The van der Waals surface area contributed by atoms with Crippen molar-refractivity contribution in [3.8, 4) is 5.75 Å². The summed E-state index contributed by atoms with van der Waals surface area (Å²) in [6.07, 6.45) is 1.99. The van der Waals surface area contributed by atoms with Gasteiger partial charge in [0.2, 0.25) is 11.8 Å². The summed E-state index contributed by atoms with van der Waals surface area (Å²) >= 11 is 6.15. The molecule has 0 radical (unpaired) electrons. The quantitative estimate of drug-likeness (QED) is 0.524. The van der Waals surface area contributed by atoms with Crippen LogP contribution in [0.3, 0.4) is 0 Å². The van der Waals surface area contributed by atoms with Crippen molar-refractivity contribution in [2.24, 2.45) is 5.41 Å². The first-order chi connectivity index (χ1) is 17.4. The van der Waals surface area contributed by atoms with Crippen LogP contribution in [0.15, 0.2) is 24.3 Å². The van der Waals surface area contributed by atoms with E-state index in [1.807, 2.05) is 34.1 Å². The predicted octanol–water partition coefficient (Wildman–Crippen LogP) is 2.13. The SMILES string of the molecule is CCN1CCN(CC(=O)N2CCC(COc3cccc(Cl)c3)(CC(=O)N3CCN(C)CC3)CC2)CC1. The van der Waals surface area contributed by atoms with Gasteiger partial charge in [0, 0.05) is 82.3 Å². The molecule has 3 fully saturated rings. The van der Waals surface area contributed by atoms with Crippen molar-refractivity contribution in [1.29, 1.82) is 0 Å². The van der Waals surface area contributed by atoms with Crippen molar-refractivity contribution in [2.45, 2.75) is 26.2 Å². The van der Waals surface area contributed by atoms with E-state index in [1.165, 1.54) is 0 Å². The third-order valence-corrected chi connectivity index (χ3v) is 8.41. The number of likely N-dealkylation sites (tertiary alicyclic amines) is 1. The zero-order chi connectivity index (χ0) is 25.5. The van der Waals surface area contributed by atoms with E-state index >= 15 is 0 Å². The number of hydrogen-bond donors (Lipinski definition) is 0. The summed E-state index contributed by atoms with van der Waals surface area (Å²) in [4.78, 5) is 37.3. The molecule has 1 aromatic carbocycles. The monoisotopic (exact) mass is 519 g/mol. The standard InChI is InChI=1S/C27H42ClN5O3/c1-3-30-13-15-31(16-14-30)21-26(35)32-9-7-27(8-10-32,22-36-24-6-4-5-23(28)19-24)20-25(34)33-17-11-29(2)12-18-33/h4-6,19H,3,7-18,20-22H2,1-2H3. The highest BCUT2D eigenvalue weighted by atomic mass is 35.5. The fourth-order valence-corrected chi connectivity index (χ4v) is 5.62. The van der Waals surface area contributed by atoms with Gasteiger partial charge in [-0.1, -0.05) is 24.6 Å². The van der Waals surface area contributed by atoms with Crippen molar-refractivity contribution in [3.05, 3.63) is 29.3 Å². The minimum Gasteiger partial charge on any atom is -0.493 e. The van der Waals surface area contributed by atoms with E-state index in [1.54, 1.807) is 0 Å². The van der Waals surface area contributed by atoms with E-state index < -0.39 is 0 Å². The molecule has 8 nitrogen and oxygen atoms in total. The van der Waals surface area contributed by atoms with Gasteiger partial charge < -0.3 is 24.3 Å². The third-order valence-electron chi connectivity index (χ3n) is 8.17. The van der Waals surface area contributed by atoms with E-state index in [0.29, 0.717) is 37.7 Å². The molecular formula is C27H42ClN5O3. The van der Waals surface area contributed by atoms with Crippen LogP contribution in [0.25, 0.3) is 0 Å². The predicted molar refractivity (Wildman–Crippen MR) is 142 cm³/mol. The minimum absolute atomic E-state index is 0.200. The van der Waals surface area contributed by atoms with Crippen LogP contribution in [0.1, 0.15) is 26.2 Å². The van der Waals surface area contributed by atoms with E-state index in [-0.39, 0.29) is 17.2 Å². The molecule has 1 aromatic rings. The Hall–Kier alpha value is -1.87. The number of carbonyl (C=O) groups is 2. The fourth-order valence-electron chi connectivity index (χ4n) is 5.44. The Bertz CT molecular complexity index is 876. The number of amides is 2. The first-order valence-corrected chi connectivity index (χ1v) is 13.8. The Morgan fingerprint density at radius 1 is 0.889 bits per heavy atom. The number of piperidine rings is 1. The van der Waals surface area contributed by atoms with Crippen LogP contribution in [0, 0.1) is 5.41 Å². The van der Waals surface area contributed by atoms with E-state index in [9.17, 15) is 9.59 Å². The number of benzene rings is 1. The molecule has 0 unspecified atom stereocenters. The number of hydrogen-bond acceptors (Lipinski definition) is 6. The van der Waals surface area contributed by atoms with Crippen molar-refractivity contribution >= 4 is 23.4 Å². The van der Waals surface area contributed by atoms with Crippen molar-refractivity contribution < 1.29 is 14.3 Å². The van der Waals surface area contributed by atoms with Crippen molar-refractivity contribution in [1.82, 2.24) is 24.5 Å². The van der Waals surface area contributed by atoms with Gasteiger partial charge in [-0.05, 0) is 44.6 Å². The lowest BCUT2D eigenvalue weighted by Crippen LogP contribution is -2.53. The lowest BCUT2D eigenvalue weighted by molar-refractivity contribution is -0.139. The lowest BCUT2D eigenvalue weighted by Gasteiger charge is -2.43. The second kappa shape index (κ2) is 12.6. The van der Waals surface area contributed by atoms with E-state index in [2.05, 4.69) is 28.7 Å². The summed E-state index contributed by atoms with van der Waals surface area (Å²) in [6, 6.07) is 7.42. The molecule has 0 bridgehead atoms. The topological polar surface area (TPSA) is 59.6 Å². The van der Waals surface area contributed by atoms with Crippen LogP contribution in [-0.2, 0) is 9.59 Å². The van der Waals surface area contributed by atoms with Gasteiger partial charge in [-0.15, -0.1) is 0 Å².